The Morgan fingerprint density at radius 3 is 2.54 bits per heavy atom. The van der Waals surface area contributed by atoms with Crippen molar-refractivity contribution in [2.24, 2.45) is 0 Å². The molecule has 0 bridgehead atoms. The van der Waals surface area contributed by atoms with Gasteiger partial charge in [-0.05, 0) is 36.4 Å². The third-order valence-electron chi connectivity index (χ3n) is 3.39. The zero-order chi connectivity index (χ0) is 18.5. The van der Waals surface area contributed by atoms with Crippen molar-refractivity contribution in [1.82, 2.24) is 9.97 Å². The molecule has 26 heavy (non-hydrogen) atoms. The lowest BCUT2D eigenvalue weighted by atomic mass is 10.2. The first-order valence-corrected chi connectivity index (χ1v) is 8.30. The molecule has 6 nitrogen and oxygen atoms in total. The molecule has 0 aliphatic heterocycles. The van der Waals surface area contributed by atoms with Crippen molar-refractivity contribution in [3.05, 3.63) is 70.6 Å². The molecule has 0 saturated carbocycles. The predicted octanol–water partition coefficient (Wildman–Crippen LogP) is 4.79. The number of aromatic nitrogens is 2. The lowest BCUT2D eigenvalue weighted by molar-refractivity contribution is 0.102. The first-order valence-electron chi connectivity index (χ1n) is 7.54. The number of rotatable bonds is 5. The van der Waals surface area contributed by atoms with Gasteiger partial charge < -0.3 is 15.4 Å². The smallest absolute Gasteiger partial charge is 0.275 e. The van der Waals surface area contributed by atoms with E-state index in [4.69, 9.17) is 27.9 Å². The van der Waals surface area contributed by atoms with Gasteiger partial charge in [0, 0.05) is 15.7 Å². The van der Waals surface area contributed by atoms with E-state index in [1.807, 2.05) is 12.1 Å². The van der Waals surface area contributed by atoms with Gasteiger partial charge in [-0.15, -0.1) is 0 Å². The number of halogens is 2. The Morgan fingerprint density at radius 1 is 1.04 bits per heavy atom. The van der Waals surface area contributed by atoms with Gasteiger partial charge in [-0.2, -0.15) is 0 Å². The summed E-state index contributed by atoms with van der Waals surface area (Å²) in [6.45, 7) is 0. The third kappa shape index (κ3) is 4.41. The number of hydrogen-bond donors (Lipinski definition) is 2. The average Bonchev–Trinajstić information content (AvgIpc) is 2.62. The topological polar surface area (TPSA) is 76.1 Å². The maximum Gasteiger partial charge on any atom is 0.275 e. The van der Waals surface area contributed by atoms with E-state index >= 15 is 0 Å². The Balaban J connectivity index is 1.72. The summed E-state index contributed by atoms with van der Waals surface area (Å²) in [6.07, 6.45) is 2.84. The van der Waals surface area contributed by atoms with Gasteiger partial charge in [-0.3, -0.25) is 4.79 Å². The minimum Gasteiger partial charge on any atom is -0.495 e. The SMILES string of the molecule is COc1ccc(Cl)cc1NC(=O)c1cnc(Nc2cccc(Cl)c2)cn1. The van der Waals surface area contributed by atoms with Gasteiger partial charge in [-0.1, -0.05) is 29.3 Å². The van der Waals surface area contributed by atoms with Crippen LogP contribution in [-0.4, -0.2) is 23.0 Å². The Kier molecular flexibility index (Phi) is 5.55. The van der Waals surface area contributed by atoms with Crippen LogP contribution in [0.5, 0.6) is 5.75 Å². The van der Waals surface area contributed by atoms with E-state index in [1.54, 1.807) is 30.3 Å². The molecule has 2 N–H and O–H groups in total. The lowest BCUT2D eigenvalue weighted by Crippen LogP contribution is -2.15. The number of nitrogens with one attached hydrogen (secondary N) is 2. The van der Waals surface area contributed by atoms with Crippen molar-refractivity contribution in [3.8, 4) is 5.75 Å². The first-order chi connectivity index (χ1) is 12.5. The molecule has 0 aliphatic rings. The van der Waals surface area contributed by atoms with E-state index in [1.165, 1.54) is 19.5 Å². The van der Waals surface area contributed by atoms with Crippen molar-refractivity contribution in [2.45, 2.75) is 0 Å². The summed E-state index contributed by atoms with van der Waals surface area (Å²) in [5.41, 5.74) is 1.38. The highest BCUT2D eigenvalue weighted by atomic mass is 35.5. The van der Waals surface area contributed by atoms with Gasteiger partial charge in [0.05, 0.1) is 25.2 Å². The molecule has 132 valence electrons. The zero-order valence-corrected chi connectivity index (χ0v) is 15.2. The van der Waals surface area contributed by atoms with Gasteiger partial charge >= 0.3 is 0 Å². The maximum atomic E-state index is 12.4. The summed E-state index contributed by atoms with van der Waals surface area (Å²) in [6, 6.07) is 12.1. The van der Waals surface area contributed by atoms with E-state index in [0.29, 0.717) is 27.3 Å². The van der Waals surface area contributed by atoms with Crippen LogP contribution < -0.4 is 15.4 Å². The largest absolute Gasteiger partial charge is 0.495 e. The highest BCUT2D eigenvalue weighted by Crippen LogP contribution is 2.28. The van der Waals surface area contributed by atoms with Crippen LogP contribution in [0.2, 0.25) is 10.0 Å². The fourth-order valence-electron chi connectivity index (χ4n) is 2.19. The molecule has 0 spiro atoms. The summed E-state index contributed by atoms with van der Waals surface area (Å²) >= 11 is 11.9. The molecule has 0 aliphatic carbocycles. The number of ether oxygens (including phenoxy) is 1. The van der Waals surface area contributed by atoms with Crippen LogP contribution >= 0.6 is 23.2 Å². The van der Waals surface area contributed by atoms with Crippen LogP contribution in [0.15, 0.2) is 54.9 Å². The molecule has 0 unspecified atom stereocenters. The molecule has 3 rings (SSSR count). The molecule has 3 aromatic rings. The fraction of sp³-hybridized carbons (Fsp3) is 0.0556. The Morgan fingerprint density at radius 2 is 1.85 bits per heavy atom. The normalized spacial score (nSPS) is 10.3. The number of nitrogens with zero attached hydrogens (tertiary/aromatic N) is 2. The molecular formula is C18H14Cl2N4O2. The zero-order valence-electron chi connectivity index (χ0n) is 13.7. The van der Waals surface area contributed by atoms with E-state index in [2.05, 4.69) is 20.6 Å². The van der Waals surface area contributed by atoms with Crippen LogP contribution in [0.25, 0.3) is 0 Å². The van der Waals surface area contributed by atoms with Crippen LogP contribution in [0.1, 0.15) is 10.5 Å². The Labute approximate surface area is 160 Å². The minimum absolute atomic E-state index is 0.156. The molecule has 0 atom stereocenters. The molecule has 0 saturated heterocycles. The lowest BCUT2D eigenvalue weighted by Gasteiger charge is -2.10. The summed E-state index contributed by atoms with van der Waals surface area (Å²) in [5, 5.41) is 6.85. The second-order valence-electron chi connectivity index (χ2n) is 5.22. The van der Waals surface area contributed by atoms with Crippen molar-refractivity contribution < 1.29 is 9.53 Å². The summed E-state index contributed by atoms with van der Waals surface area (Å²) in [7, 11) is 1.51. The van der Waals surface area contributed by atoms with Gasteiger partial charge in [0.25, 0.3) is 5.91 Å². The standard InChI is InChI=1S/C18H14Cl2N4O2/c1-26-16-6-5-12(20)8-14(16)24-18(25)15-9-22-17(10-21-15)23-13-4-2-3-11(19)7-13/h2-10H,1H3,(H,22,23)(H,24,25). The number of hydrogen-bond acceptors (Lipinski definition) is 5. The number of anilines is 3. The Bertz CT molecular complexity index is 933. The second kappa shape index (κ2) is 8.03. The molecule has 1 amide bonds. The highest BCUT2D eigenvalue weighted by Gasteiger charge is 2.12. The van der Waals surface area contributed by atoms with E-state index in [0.717, 1.165) is 5.69 Å². The van der Waals surface area contributed by atoms with Gasteiger partial charge in [0.15, 0.2) is 0 Å². The summed E-state index contributed by atoms with van der Waals surface area (Å²) in [4.78, 5) is 20.7. The highest BCUT2D eigenvalue weighted by molar-refractivity contribution is 6.31. The van der Waals surface area contributed by atoms with E-state index < -0.39 is 5.91 Å². The van der Waals surface area contributed by atoms with Crippen LogP contribution in [0, 0.1) is 0 Å². The van der Waals surface area contributed by atoms with Crippen LogP contribution in [0.4, 0.5) is 17.2 Å². The number of amides is 1. The van der Waals surface area contributed by atoms with Crippen LogP contribution in [-0.2, 0) is 0 Å². The van der Waals surface area contributed by atoms with E-state index in [-0.39, 0.29) is 5.69 Å². The number of benzene rings is 2. The molecule has 0 fully saturated rings. The second-order valence-corrected chi connectivity index (χ2v) is 6.09. The van der Waals surface area contributed by atoms with Crippen molar-refractivity contribution >= 4 is 46.3 Å². The van der Waals surface area contributed by atoms with Gasteiger partial charge in [0.1, 0.15) is 17.3 Å². The van der Waals surface area contributed by atoms with Gasteiger partial charge in [-0.25, -0.2) is 9.97 Å². The Hall–Kier alpha value is -2.83. The van der Waals surface area contributed by atoms with Gasteiger partial charge in [0.2, 0.25) is 0 Å². The quantitative estimate of drug-likeness (QED) is 0.656. The number of carbonyl (C=O) groups is 1. The molecule has 0 radical (unpaired) electrons. The molecular weight excluding hydrogens is 375 g/mol. The third-order valence-corrected chi connectivity index (χ3v) is 3.86. The van der Waals surface area contributed by atoms with Crippen molar-refractivity contribution in [1.29, 1.82) is 0 Å². The monoisotopic (exact) mass is 388 g/mol. The van der Waals surface area contributed by atoms with Crippen LogP contribution in [0.3, 0.4) is 0 Å². The molecule has 8 heteroatoms. The van der Waals surface area contributed by atoms with E-state index in [9.17, 15) is 4.79 Å². The predicted molar refractivity (Wildman–Crippen MR) is 103 cm³/mol. The fourth-order valence-corrected chi connectivity index (χ4v) is 2.55. The maximum absolute atomic E-state index is 12.4. The summed E-state index contributed by atoms with van der Waals surface area (Å²) in [5.74, 6) is 0.562. The summed E-state index contributed by atoms with van der Waals surface area (Å²) < 4.78 is 5.20. The number of carbonyl (C=O) groups excluding carboxylic acids is 1. The minimum atomic E-state index is -0.424. The van der Waals surface area contributed by atoms with Crippen molar-refractivity contribution in [3.63, 3.8) is 0 Å². The first kappa shape index (κ1) is 18.0. The van der Waals surface area contributed by atoms with Crippen molar-refractivity contribution in [2.75, 3.05) is 17.7 Å². The molecule has 2 aromatic carbocycles. The molecule has 1 aromatic heterocycles. The average molecular weight is 389 g/mol. The molecule has 1 heterocycles. The number of methoxy groups -OCH3 is 1.